The molecular formula is C32H32FN7O3. The van der Waals surface area contributed by atoms with Crippen molar-refractivity contribution >= 4 is 23.0 Å². The number of carbonyl (C=O) groups is 1. The Morgan fingerprint density at radius 1 is 1.12 bits per heavy atom. The van der Waals surface area contributed by atoms with Gasteiger partial charge in [-0.05, 0) is 43.7 Å². The molecule has 0 atom stereocenters. The number of rotatable bonds is 6. The topological polar surface area (TPSA) is 130 Å². The Balaban J connectivity index is 1.41. The highest BCUT2D eigenvalue weighted by molar-refractivity contribution is 5.91. The summed E-state index contributed by atoms with van der Waals surface area (Å²) in [5.41, 5.74) is 3.42. The second-order valence-electron chi connectivity index (χ2n) is 10.8. The second-order valence-corrected chi connectivity index (χ2v) is 10.8. The summed E-state index contributed by atoms with van der Waals surface area (Å²) < 4.78 is 21.5. The van der Waals surface area contributed by atoms with Gasteiger partial charge in [-0.15, -0.1) is 0 Å². The molecule has 3 aromatic heterocycles. The predicted molar refractivity (Wildman–Crippen MR) is 165 cm³/mol. The first-order valence-corrected chi connectivity index (χ1v) is 13.7. The third-order valence-corrected chi connectivity index (χ3v) is 6.69. The lowest BCUT2D eigenvalue weighted by Crippen LogP contribution is -2.30. The van der Waals surface area contributed by atoms with Crippen molar-refractivity contribution in [3.8, 4) is 11.4 Å². The molecule has 2 amide bonds. The number of pyridine rings is 1. The molecule has 1 aromatic carbocycles. The average molecular weight is 582 g/mol. The summed E-state index contributed by atoms with van der Waals surface area (Å²) in [6.45, 7) is 11.8. The van der Waals surface area contributed by atoms with Crippen LogP contribution in [0.2, 0.25) is 0 Å². The van der Waals surface area contributed by atoms with Crippen LogP contribution >= 0.6 is 0 Å². The maximum atomic E-state index is 13.6. The third-order valence-electron chi connectivity index (χ3n) is 6.69. The van der Waals surface area contributed by atoms with Gasteiger partial charge >= 0.3 is 11.7 Å². The lowest BCUT2D eigenvalue weighted by molar-refractivity contribution is 0.254. The molecule has 0 unspecified atom stereocenters. The number of amides is 2. The zero-order valence-corrected chi connectivity index (χ0v) is 24.3. The average Bonchev–Trinajstić information content (AvgIpc) is 3.52. The number of urea groups is 1. The number of aromatic nitrogens is 5. The predicted octanol–water partition coefficient (Wildman–Crippen LogP) is 6.30. The number of benzene rings is 1. The van der Waals surface area contributed by atoms with Crippen molar-refractivity contribution in [3.63, 3.8) is 0 Å². The Hall–Kier alpha value is -5.45. The molecule has 0 aliphatic heterocycles. The van der Waals surface area contributed by atoms with Crippen molar-refractivity contribution in [3.05, 3.63) is 124 Å². The first-order chi connectivity index (χ1) is 20.6. The van der Waals surface area contributed by atoms with Crippen molar-refractivity contribution in [1.82, 2.24) is 30.0 Å². The van der Waals surface area contributed by atoms with Crippen LogP contribution in [0.15, 0.2) is 107 Å². The van der Waals surface area contributed by atoms with E-state index in [1.165, 1.54) is 12.1 Å². The Labute approximate surface area is 247 Å². The largest absolute Gasteiger partial charge is 0.455 e. The van der Waals surface area contributed by atoms with Crippen LogP contribution in [0.25, 0.3) is 16.9 Å². The number of allylic oxidation sites excluding steroid dienone is 7. The maximum absolute atomic E-state index is 13.6. The number of imidazole rings is 1. The van der Waals surface area contributed by atoms with E-state index in [9.17, 15) is 14.0 Å². The normalized spacial score (nSPS) is 15.7. The van der Waals surface area contributed by atoms with Crippen LogP contribution in [0.1, 0.15) is 39.8 Å². The Morgan fingerprint density at radius 2 is 1.88 bits per heavy atom. The van der Waals surface area contributed by atoms with Gasteiger partial charge in [-0.2, -0.15) is 5.10 Å². The summed E-state index contributed by atoms with van der Waals surface area (Å²) in [4.78, 5) is 34.8. The number of anilines is 1. The SMILES string of the molecule is C=C/C=C1/C(NC(=O)Nc2cc(C(C)(C)C)nn2-c2ccc(F)cc2)=CCC=C(Oc2ccnc3[nH]c(=O)[nH]c23)/C1=C/C. The molecule has 0 spiro atoms. The van der Waals surface area contributed by atoms with Gasteiger partial charge in [0.25, 0.3) is 0 Å². The Bertz CT molecular complexity index is 1880. The molecule has 4 aromatic rings. The van der Waals surface area contributed by atoms with Gasteiger partial charge in [-0.3, -0.25) is 10.3 Å². The fraction of sp³-hybridized carbons (Fsp3) is 0.188. The van der Waals surface area contributed by atoms with Gasteiger partial charge in [0, 0.05) is 40.6 Å². The van der Waals surface area contributed by atoms with Gasteiger partial charge in [0.05, 0.1) is 11.4 Å². The third kappa shape index (κ3) is 6.25. The molecule has 11 heteroatoms. The van der Waals surface area contributed by atoms with E-state index in [1.54, 1.807) is 47.3 Å². The van der Waals surface area contributed by atoms with E-state index in [0.29, 0.717) is 57.4 Å². The number of ether oxygens (including phenoxy) is 1. The summed E-state index contributed by atoms with van der Waals surface area (Å²) in [5.74, 6) is 1.01. The number of nitrogens with zero attached hydrogens (tertiary/aromatic N) is 3. The van der Waals surface area contributed by atoms with Gasteiger partial charge in [0.2, 0.25) is 0 Å². The molecule has 220 valence electrons. The molecule has 1 aliphatic rings. The number of hydrogen-bond donors (Lipinski definition) is 4. The number of H-pyrrole nitrogens is 2. The number of fused-ring (bicyclic) bond motifs is 1. The zero-order chi connectivity index (χ0) is 30.7. The summed E-state index contributed by atoms with van der Waals surface area (Å²) in [6, 6.07) is 8.86. The highest BCUT2D eigenvalue weighted by atomic mass is 19.1. The minimum Gasteiger partial charge on any atom is -0.455 e. The fourth-order valence-electron chi connectivity index (χ4n) is 4.59. The minimum absolute atomic E-state index is 0.293. The van der Waals surface area contributed by atoms with Crippen LogP contribution in [-0.4, -0.2) is 30.8 Å². The quantitative estimate of drug-likeness (QED) is 0.212. The molecule has 5 rings (SSSR count). The monoisotopic (exact) mass is 581 g/mol. The van der Waals surface area contributed by atoms with Crippen molar-refractivity contribution in [1.29, 1.82) is 0 Å². The Morgan fingerprint density at radius 3 is 2.58 bits per heavy atom. The first kappa shape index (κ1) is 29.1. The molecule has 4 N–H and O–H groups in total. The van der Waals surface area contributed by atoms with Crippen molar-refractivity contribution in [2.45, 2.75) is 39.5 Å². The van der Waals surface area contributed by atoms with Gasteiger partial charge in [0.1, 0.15) is 22.9 Å². The second kappa shape index (κ2) is 11.8. The van der Waals surface area contributed by atoms with E-state index in [-0.39, 0.29) is 16.9 Å². The standard InChI is InChI=1S/C32H32FN7O3/c1-6-9-22-21(7-2)24(43-25-16-17-34-29-28(25)37-31(42)38-29)11-8-10-23(22)35-30(41)36-27-18-26(32(3,4)5)39-40(27)20-14-12-19(33)13-15-20/h6-7,9-18H,1,8H2,2-5H3,(H2,35,36,41)(H2,34,37,38,42)/b21-7+,22-9+. The molecule has 0 radical (unpaired) electrons. The maximum Gasteiger partial charge on any atom is 0.325 e. The minimum atomic E-state index is -0.495. The summed E-state index contributed by atoms with van der Waals surface area (Å²) in [7, 11) is 0. The highest BCUT2D eigenvalue weighted by Gasteiger charge is 2.24. The van der Waals surface area contributed by atoms with Gasteiger partial charge in [-0.25, -0.2) is 23.6 Å². The summed E-state index contributed by atoms with van der Waals surface area (Å²) in [6.07, 6.45) is 11.0. The molecule has 43 heavy (non-hydrogen) atoms. The van der Waals surface area contributed by atoms with E-state index in [4.69, 9.17) is 4.74 Å². The molecule has 0 fully saturated rings. The first-order valence-electron chi connectivity index (χ1n) is 13.7. The molecule has 1 aliphatic carbocycles. The van der Waals surface area contributed by atoms with Crippen LogP contribution in [0, 0.1) is 5.82 Å². The van der Waals surface area contributed by atoms with Crippen LogP contribution in [0.3, 0.4) is 0 Å². The van der Waals surface area contributed by atoms with Crippen molar-refractivity contribution < 1.29 is 13.9 Å². The number of hydrogen-bond acceptors (Lipinski definition) is 5. The fourth-order valence-corrected chi connectivity index (χ4v) is 4.59. The van der Waals surface area contributed by atoms with E-state index < -0.39 is 6.03 Å². The molecule has 0 saturated carbocycles. The van der Waals surface area contributed by atoms with Crippen LogP contribution in [0.4, 0.5) is 15.0 Å². The molecular weight excluding hydrogens is 549 g/mol. The van der Waals surface area contributed by atoms with Crippen molar-refractivity contribution in [2.75, 3.05) is 5.32 Å². The van der Waals surface area contributed by atoms with Gasteiger partial charge in [-0.1, -0.05) is 51.7 Å². The number of halogens is 1. The Kier molecular flexibility index (Phi) is 7.98. The summed E-state index contributed by atoms with van der Waals surface area (Å²) >= 11 is 0. The number of aromatic amines is 2. The molecule has 0 bridgehead atoms. The van der Waals surface area contributed by atoms with Gasteiger partial charge in [0.15, 0.2) is 11.4 Å². The van der Waals surface area contributed by atoms with E-state index >= 15 is 0 Å². The molecule has 3 heterocycles. The van der Waals surface area contributed by atoms with Crippen LogP contribution in [-0.2, 0) is 5.41 Å². The smallest absolute Gasteiger partial charge is 0.325 e. The molecule has 10 nitrogen and oxygen atoms in total. The number of nitrogens with one attached hydrogen (secondary N) is 4. The molecule has 0 saturated heterocycles. The lowest BCUT2D eigenvalue weighted by atomic mass is 9.92. The van der Waals surface area contributed by atoms with E-state index in [0.717, 1.165) is 5.69 Å². The van der Waals surface area contributed by atoms with E-state index in [2.05, 4.69) is 37.3 Å². The lowest BCUT2D eigenvalue weighted by Gasteiger charge is -2.18. The van der Waals surface area contributed by atoms with Crippen LogP contribution in [0.5, 0.6) is 5.75 Å². The van der Waals surface area contributed by atoms with Gasteiger partial charge < -0.3 is 15.0 Å². The van der Waals surface area contributed by atoms with Crippen LogP contribution < -0.4 is 21.1 Å². The highest BCUT2D eigenvalue weighted by Crippen LogP contribution is 2.33. The zero-order valence-electron chi connectivity index (χ0n) is 24.3. The summed E-state index contributed by atoms with van der Waals surface area (Å²) in [5, 5.41) is 10.6. The van der Waals surface area contributed by atoms with E-state index in [1.807, 2.05) is 45.9 Å². The number of carbonyl (C=O) groups excluding carboxylic acids is 1. The van der Waals surface area contributed by atoms with Crippen molar-refractivity contribution in [2.24, 2.45) is 0 Å².